The van der Waals surface area contributed by atoms with Crippen molar-refractivity contribution in [1.82, 2.24) is 0 Å². The minimum Gasteiger partial charge on any atom is -0.300 e. The second-order valence-electron chi connectivity index (χ2n) is 9.07. The van der Waals surface area contributed by atoms with Crippen LogP contribution in [0.1, 0.15) is 78.6 Å². The maximum Gasteiger partial charge on any atom is 0.133 e. The van der Waals surface area contributed by atoms with Gasteiger partial charge in [-0.1, -0.05) is 36.6 Å². The minimum absolute atomic E-state index is 0.346. The lowest BCUT2D eigenvalue weighted by Crippen LogP contribution is -2.45. The Balaban J connectivity index is 1.74. The number of hydrogen-bond donors (Lipinski definition) is 0. The van der Waals surface area contributed by atoms with Crippen molar-refractivity contribution in [2.75, 3.05) is 0 Å². The summed E-state index contributed by atoms with van der Waals surface area (Å²) in [6, 6.07) is 0. The molecule has 0 heterocycles. The third kappa shape index (κ3) is 2.00. The predicted octanol–water partition coefficient (Wildman–Crippen LogP) is 5.61. The first-order valence-corrected chi connectivity index (χ1v) is 9.32. The van der Waals surface area contributed by atoms with Gasteiger partial charge in [-0.2, -0.15) is 0 Å². The molecule has 120 valence electrons. The standard InChI is InChI=1S/C21H30O/c1-14-4-7-18-17-6-5-15-12-16(22)8-11-21(15,3)19(17)9-10-20(18,2)13-14/h4,15,18H,5-13H2,1-3H3/t15-,18-,20+,21-/m0/s1. The van der Waals surface area contributed by atoms with E-state index in [1.165, 1.54) is 38.5 Å². The molecule has 1 saturated carbocycles. The van der Waals surface area contributed by atoms with E-state index in [1.807, 2.05) is 5.57 Å². The van der Waals surface area contributed by atoms with Crippen LogP contribution in [0.25, 0.3) is 0 Å². The maximum absolute atomic E-state index is 11.9. The molecule has 0 aromatic rings. The molecular formula is C21H30O. The lowest BCUT2D eigenvalue weighted by molar-refractivity contribution is -0.124. The van der Waals surface area contributed by atoms with Gasteiger partial charge in [0.2, 0.25) is 0 Å². The highest BCUT2D eigenvalue weighted by molar-refractivity contribution is 5.80. The summed E-state index contributed by atoms with van der Waals surface area (Å²) in [6.45, 7) is 7.35. The van der Waals surface area contributed by atoms with Crippen LogP contribution in [0.15, 0.2) is 22.8 Å². The molecule has 0 amide bonds. The highest BCUT2D eigenvalue weighted by atomic mass is 16.1. The van der Waals surface area contributed by atoms with E-state index in [0.717, 1.165) is 25.2 Å². The first kappa shape index (κ1) is 14.7. The Labute approximate surface area is 135 Å². The Bertz CT molecular complexity index is 581. The number of allylic oxidation sites excluding steroid dienone is 4. The lowest BCUT2D eigenvalue weighted by atomic mass is 9.49. The maximum atomic E-state index is 11.9. The van der Waals surface area contributed by atoms with Gasteiger partial charge in [-0.15, -0.1) is 0 Å². The first-order valence-electron chi connectivity index (χ1n) is 9.32. The van der Waals surface area contributed by atoms with Crippen LogP contribution in [0, 0.1) is 22.7 Å². The second-order valence-corrected chi connectivity index (χ2v) is 9.07. The molecule has 0 aromatic carbocycles. The molecule has 0 aliphatic heterocycles. The highest BCUT2D eigenvalue weighted by Crippen LogP contribution is 2.62. The first-order chi connectivity index (χ1) is 10.4. The number of rotatable bonds is 0. The average molecular weight is 298 g/mol. The van der Waals surface area contributed by atoms with Crippen LogP contribution < -0.4 is 0 Å². The largest absolute Gasteiger partial charge is 0.300 e. The second kappa shape index (κ2) is 4.82. The lowest BCUT2D eigenvalue weighted by Gasteiger charge is -2.55. The van der Waals surface area contributed by atoms with Crippen LogP contribution >= 0.6 is 0 Å². The Morgan fingerprint density at radius 1 is 1.14 bits per heavy atom. The SMILES string of the molecule is CC1=CC[C@H]2C3=C(CC[C@]2(C)C1)[C@@]1(C)CCC(=O)C[C@@H]1CC3. The van der Waals surface area contributed by atoms with E-state index >= 15 is 0 Å². The van der Waals surface area contributed by atoms with Crippen molar-refractivity contribution < 1.29 is 4.79 Å². The van der Waals surface area contributed by atoms with Gasteiger partial charge in [-0.05, 0) is 74.5 Å². The summed E-state index contributed by atoms with van der Waals surface area (Å²) in [4.78, 5) is 11.9. The van der Waals surface area contributed by atoms with Gasteiger partial charge in [0.05, 0.1) is 0 Å². The molecular weight excluding hydrogens is 268 g/mol. The fourth-order valence-electron chi connectivity index (χ4n) is 6.37. The normalized spacial score (nSPS) is 44.9. The van der Waals surface area contributed by atoms with Crippen molar-refractivity contribution >= 4 is 5.78 Å². The van der Waals surface area contributed by atoms with Gasteiger partial charge in [-0.3, -0.25) is 4.79 Å². The van der Waals surface area contributed by atoms with Crippen LogP contribution in [0.4, 0.5) is 0 Å². The number of carbonyl (C=O) groups is 1. The molecule has 0 bridgehead atoms. The van der Waals surface area contributed by atoms with E-state index < -0.39 is 0 Å². The fraction of sp³-hybridized carbons (Fsp3) is 0.762. The molecule has 1 nitrogen and oxygen atoms in total. The summed E-state index contributed by atoms with van der Waals surface area (Å²) in [5.41, 5.74) is 6.08. The van der Waals surface area contributed by atoms with Crippen molar-refractivity contribution in [2.24, 2.45) is 22.7 Å². The highest BCUT2D eigenvalue weighted by Gasteiger charge is 2.51. The summed E-state index contributed by atoms with van der Waals surface area (Å²) in [7, 11) is 0. The molecule has 1 fully saturated rings. The zero-order chi connectivity index (χ0) is 15.5. The van der Waals surface area contributed by atoms with E-state index in [2.05, 4.69) is 26.8 Å². The van der Waals surface area contributed by atoms with Crippen LogP contribution in [-0.4, -0.2) is 5.78 Å². The number of ketones is 1. The number of Topliss-reactive ketones (excluding diaryl/α,β-unsaturated/α-hetero) is 1. The number of fused-ring (bicyclic) bond motifs is 4. The van der Waals surface area contributed by atoms with Gasteiger partial charge in [0.25, 0.3) is 0 Å². The van der Waals surface area contributed by atoms with Crippen molar-refractivity contribution in [3.8, 4) is 0 Å². The zero-order valence-electron chi connectivity index (χ0n) is 14.5. The smallest absolute Gasteiger partial charge is 0.133 e. The molecule has 4 atom stereocenters. The van der Waals surface area contributed by atoms with E-state index in [4.69, 9.17) is 0 Å². The van der Waals surface area contributed by atoms with Crippen molar-refractivity contribution in [1.29, 1.82) is 0 Å². The van der Waals surface area contributed by atoms with Crippen molar-refractivity contribution in [2.45, 2.75) is 78.6 Å². The zero-order valence-corrected chi connectivity index (χ0v) is 14.5. The van der Waals surface area contributed by atoms with Gasteiger partial charge in [0.15, 0.2) is 0 Å². The summed E-state index contributed by atoms with van der Waals surface area (Å²) in [5, 5.41) is 0. The van der Waals surface area contributed by atoms with E-state index in [0.29, 0.717) is 22.5 Å². The van der Waals surface area contributed by atoms with E-state index in [-0.39, 0.29) is 0 Å². The molecule has 0 spiro atoms. The van der Waals surface area contributed by atoms with Gasteiger partial charge < -0.3 is 0 Å². The molecule has 0 unspecified atom stereocenters. The summed E-state index contributed by atoms with van der Waals surface area (Å²) < 4.78 is 0. The molecule has 4 aliphatic rings. The van der Waals surface area contributed by atoms with Crippen LogP contribution in [0.5, 0.6) is 0 Å². The topological polar surface area (TPSA) is 17.1 Å². The van der Waals surface area contributed by atoms with E-state index in [9.17, 15) is 4.79 Å². The fourth-order valence-corrected chi connectivity index (χ4v) is 6.37. The quantitative estimate of drug-likeness (QED) is 0.531. The Morgan fingerprint density at radius 3 is 2.77 bits per heavy atom. The van der Waals surface area contributed by atoms with Crippen molar-refractivity contribution in [3.63, 3.8) is 0 Å². The molecule has 22 heavy (non-hydrogen) atoms. The van der Waals surface area contributed by atoms with Crippen LogP contribution in [-0.2, 0) is 4.79 Å². The van der Waals surface area contributed by atoms with Gasteiger partial charge in [0, 0.05) is 12.8 Å². The third-order valence-corrected chi connectivity index (χ3v) is 7.73. The van der Waals surface area contributed by atoms with Gasteiger partial charge >= 0.3 is 0 Å². The Morgan fingerprint density at radius 2 is 1.95 bits per heavy atom. The number of hydrogen-bond acceptors (Lipinski definition) is 1. The molecule has 0 N–H and O–H groups in total. The van der Waals surface area contributed by atoms with Crippen LogP contribution in [0.3, 0.4) is 0 Å². The number of carbonyl (C=O) groups excluding carboxylic acids is 1. The molecule has 4 rings (SSSR count). The summed E-state index contributed by atoms with van der Waals surface area (Å²) in [6.07, 6.45) is 13.1. The average Bonchev–Trinajstić information content (AvgIpc) is 2.46. The molecule has 0 aromatic heterocycles. The predicted molar refractivity (Wildman–Crippen MR) is 90.5 cm³/mol. The summed E-state index contributed by atoms with van der Waals surface area (Å²) >= 11 is 0. The van der Waals surface area contributed by atoms with Gasteiger partial charge in [-0.25, -0.2) is 0 Å². The minimum atomic E-state index is 0.346. The van der Waals surface area contributed by atoms with E-state index in [1.54, 1.807) is 11.1 Å². The molecule has 0 saturated heterocycles. The molecule has 0 radical (unpaired) electrons. The molecule has 1 heteroatoms. The van der Waals surface area contributed by atoms with Crippen LogP contribution in [0.2, 0.25) is 0 Å². The Hall–Kier alpha value is -0.850. The Kier molecular flexibility index (Phi) is 3.23. The third-order valence-electron chi connectivity index (χ3n) is 7.73. The summed E-state index contributed by atoms with van der Waals surface area (Å²) in [5.74, 6) is 1.94. The monoisotopic (exact) mass is 298 g/mol. The molecule has 4 aliphatic carbocycles. The van der Waals surface area contributed by atoms with Crippen molar-refractivity contribution in [3.05, 3.63) is 22.8 Å². The van der Waals surface area contributed by atoms with Gasteiger partial charge in [0.1, 0.15) is 5.78 Å².